The maximum atomic E-state index is 13.1. The molecule has 1 aliphatic heterocycles. The summed E-state index contributed by atoms with van der Waals surface area (Å²) in [4.78, 5) is 21.6. The molecule has 2 aromatic rings. The zero-order valence-electron chi connectivity index (χ0n) is 14.5. The highest BCUT2D eigenvalue weighted by Crippen LogP contribution is 2.38. The van der Waals surface area contributed by atoms with Crippen molar-refractivity contribution in [2.75, 3.05) is 23.7 Å². The second-order valence-electron chi connectivity index (χ2n) is 6.41. The summed E-state index contributed by atoms with van der Waals surface area (Å²) in [6.07, 6.45) is -3.57. The number of nitrogens with zero attached hydrogens (tertiary/aromatic N) is 3. The molecule has 1 aliphatic rings. The van der Waals surface area contributed by atoms with Crippen LogP contribution < -0.4 is 4.90 Å². The number of carboxylic acid groups (broad SMARTS) is 1. The number of aromatic nitrogens is 2. The molecule has 0 amide bonds. The van der Waals surface area contributed by atoms with Crippen molar-refractivity contribution in [2.45, 2.75) is 24.4 Å². The van der Waals surface area contributed by atoms with E-state index in [9.17, 15) is 18.0 Å². The van der Waals surface area contributed by atoms with E-state index >= 15 is 0 Å². The predicted octanol–water partition coefficient (Wildman–Crippen LogP) is 4.12. The van der Waals surface area contributed by atoms with E-state index in [2.05, 4.69) is 9.97 Å². The molecule has 1 saturated heterocycles. The first kappa shape index (κ1) is 19.5. The number of rotatable bonds is 5. The standard InChI is InChI=1S/C18H18F3N3O2S/c1-11-8-14(16(25)26)23-17(22-11)24-7-6-12(9-24)10-27-15-5-3-2-4-13(15)18(19,20)21/h2-5,8,12H,6-7,9-10H2,1H3,(H,25,26). The van der Waals surface area contributed by atoms with E-state index in [1.165, 1.54) is 30.0 Å². The van der Waals surface area contributed by atoms with Crippen LogP contribution in [-0.4, -0.2) is 39.9 Å². The largest absolute Gasteiger partial charge is 0.477 e. The van der Waals surface area contributed by atoms with Crippen LogP contribution in [0.5, 0.6) is 0 Å². The summed E-state index contributed by atoms with van der Waals surface area (Å²) in [5, 5.41) is 9.13. The number of benzene rings is 1. The van der Waals surface area contributed by atoms with E-state index in [-0.39, 0.29) is 16.5 Å². The highest BCUT2D eigenvalue weighted by Gasteiger charge is 2.33. The molecule has 0 bridgehead atoms. The Hall–Kier alpha value is -2.29. The molecule has 0 radical (unpaired) electrons. The Morgan fingerprint density at radius 3 is 2.78 bits per heavy atom. The fourth-order valence-electron chi connectivity index (χ4n) is 2.99. The Kier molecular flexibility index (Phi) is 5.59. The van der Waals surface area contributed by atoms with Gasteiger partial charge in [-0.15, -0.1) is 11.8 Å². The Labute approximate surface area is 158 Å². The number of carbonyl (C=O) groups is 1. The minimum atomic E-state index is -4.37. The molecule has 5 nitrogen and oxygen atoms in total. The number of halogens is 3. The van der Waals surface area contributed by atoms with Crippen LogP contribution in [-0.2, 0) is 6.18 Å². The minimum absolute atomic E-state index is 0.0607. The van der Waals surface area contributed by atoms with E-state index in [1.807, 2.05) is 4.90 Å². The zero-order valence-corrected chi connectivity index (χ0v) is 15.3. The fourth-order valence-corrected chi connectivity index (χ4v) is 4.19. The van der Waals surface area contributed by atoms with Gasteiger partial charge in [0.05, 0.1) is 5.56 Å². The average Bonchev–Trinajstić information content (AvgIpc) is 3.08. The van der Waals surface area contributed by atoms with Crippen molar-refractivity contribution in [3.05, 3.63) is 47.3 Å². The molecule has 0 saturated carbocycles. The van der Waals surface area contributed by atoms with Gasteiger partial charge in [0.15, 0.2) is 5.69 Å². The smallest absolute Gasteiger partial charge is 0.417 e. The van der Waals surface area contributed by atoms with E-state index in [1.54, 1.807) is 13.0 Å². The van der Waals surface area contributed by atoms with Crippen molar-refractivity contribution in [3.8, 4) is 0 Å². The predicted molar refractivity (Wildman–Crippen MR) is 96.2 cm³/mol. The molecule has 0 spiro atoms. The number of hydrogen-bond donors (Lipinski definition) is 1. The molecular weight excluding hydrogens is 379 g/mol. The topological polar surface area (TPSA) is 66.3 Å². The van der Waals surface area contributed by atoms with Gasteiger partial charge < -0.3 is 10.0 Å². The van der Waals surface area contributed by atoms with E-state index in [4.69, 9.17) is 5.11 Å². The van der Waals surface area contributed by atoms with Crippen molar-refractivity contribution < 1.29 is 23.1 Å². The summed E-state index contributed by atoms with van der Waals surface area (Å²) in [5.41, 5.74) is -0.110. The maximum absolute atomic E-state index is 13.1. The third-order valence-electron chi connectivity index (χ3n) is 4.30. The van der Waals surface area contributed by atoms with Crippen LogP contribution in [0.4, 0.5) is 19.1 Å². The average molecular weight is 397 g/mol. The van der Waals surface area contributed by atoms with Crippen molar-refractivity contribution in [3.63, 3.8) is 0 Å². The van der Waals surface area contributed by atoms with Crippen LogP contribution >= 0.6 is 11.8 Å². The van der Waals surface area contributed by atoms with E-state index < -0.39 is 17.7 Å². The van der Waals surface area contributed by atoms with Crippen LogP contribution in [0.1, 0.15) is 28.2 Å². The quantitative estimate of drug-likeness (QED) is 0.766. The van der Waals surface area contributed by atoms with Gasteiger partial charge in [-0.25, -0.2) is 14.8 Å². The van der Waals surface area contributed by atoms with Gasteiger partial charge in [-0.05, 0) is 37.5 Å². The molecule has 3 rings (SSSR count). The van der Waals surface area contributed by atoms with Gasteiger partial charge in [0.2, 0.25) is 5.95 Å². The fraction of sp³-hybridized carbons (Fsp3) is 0.389. The number of carboxylic acids is 1. The number of anilines is 1. The van der Waals surface area contributed by atoms with E-state index in [0.29, 0.717) is 30.5 Å². The van der Waals surface area contributed by atoms with Gasteiger partial charge in [-0.2, -0.15) is 13.2 Å². The second-order valence-corrected chi connectivity index (χ2v) is 7.47. The molecule has 27 heavy (non-hydrogen) atoms. The van der Waals surface area contributed by atoms with Crippen molar-refractivity contribution >= 4 is 23.7 Å². The zero-order chi connectivity index (χ0) is 19.6. The van der Waals surface area contributed by atoms with Crippen LogP contribution in [0.3, 0.4) is 0 Å². The van der Waals surface area contributed by atoms with Crippen molar-refractivity contribution in [1.29, 1.82) is 0 Å². The van der Waals surface area contributed by atoms with Crippen LogP contribution in [0, 0.1) is 12.8 Å². The summed E-state index contributed by atoms with van der Waals surface area (Å²) >= 11 is 1.20. The summed E-state index contributed by atoms with van der Waals surface area (Å²) in [5.74, 6) is -0.0395. The van der Waals surface area contributed by atoms with Gasteiger partial charge in [0.1, 0.15) is 0 Å². The third-order valence-corrected chi connectivity index (χ3v) is 5.60. The Balaban J connectivity index is 1.66. The van der Waals surface area contributed by atoms with E-state index in [0.717, 1.165) is 12.5 Å². The summed E-state index contributed by atoms with van der Waals surface area (Å²) < 4.78 is 39.3. The van der Waals surface area contributed by atoms with Crippen LogP contribution in [0.15, 0.2) is 35.2 Å². The highest BCUT2D eigenvalue weighted by atomic mass is 32.2. The summed E-state index contributed by atoms with van der Waals surface area (Å²) in [7, 11) is 0. The molecule has 1 atom stereocenters. The third kappa shape index (κ3) is 4.71. The number of alkyl halides is 3. The Morgan fingerprint density at radius 2 is 2.07 bits per heavy atom. The van der Waals surface area contributed by atoms with Crippen molar-refractivity contribution in [1.82, 2.24) is 9.97 Å². The Bertz CT molecular complexity index is 845. The second kappa shape index (κ2) is 7.75. The van der Waals surface area contributed by atoms with Gasteiger partial charge >= 0.3 is 12.1 Å². The van der Waals surface area contributed by atoms with Gasteiger partial charge in [0.25, 0.3) is 0 Å². The molecule has 2 heterocycles. The van der Waals surface area contributed by atoms with Crippen LogP contribution in [0.25, 0.3) is 0 Å². The Morgan fingerprint density at radius 1 is 1.33 bits per heavy atom. The maximum Gasteiger partial charge on any atom is 0.417 e. The molecule has 1 N–H and O–H groups in total. The molecule has 1 fully saturated rings. The lowest BCUT2D eigenvalue weighted by Crippen LogP contribution is -2.24. The molecule has 1 aromatic carbocycles. The summed E-state index contributed by atoms with van der Waals surface area (Å²) in [6, 6.07) is 6.98. The minimum Gasteiger partial charge on any atom is -0.477 e. The lowest BCUT2D eigenvalue weighted by molar-refractivity contribution is -0.139. The number of hydrogen-bond acceptors (Lipinski definition) is 5. The van der Waals surface area contributed by atoms with Crippen molar-refractivity contribution in [2.24, 2.45) is 5.92 Å². The SMILES string of the molecule is Cc1cc(C(=O)O)nc(N2CCC(CSc3ccccc3C(F)(F)F)C2)n1. The lowest BCUT2D eigenvalue weighted by Gasteiger charge is -2.17. The monoisotopic (exact) mass is 397 g/mol. The first-order valence-corrected chi connectivity index (χ1v) is 9.35. The van der Waals surface area contributed by atoms with Crippen LogP contribution in [0.2, 0.25) is 0 Å². The number of aryl methyl sites for hydroxylation is 1. The number of aromatic carboxylic acids is 1. The summed E-state index contributed by atoms with van der Waals surface area (Å²) in [6.45, 7) is 2.94. The molecule has 1 unspecified atom stereocenters. The molecule has 9 heteroatoms. The normalized spacial score (nSPS) is 17.3. The molecular formula is C18H18F3N3O2S. The number of thioether (sulfide) groups is 1. The first-order chi connectivity index (χ1) is 12.7. The first-order valence-electron chi connectivity index (χ1n) is 8.37. The van der Waals surface area contributed by atoms with Gasteiger partial charge in [-0.1, -0.05) is 12.1 Å². The lowest BCUT2D eigenvalue weighted by atomic mass is 10.2. The molecule has 144 valence electrons. The van der Waals surface area contributed by atoms with Gasteiger partial charge in [-0.3, -0.25) is 0 Å². The van der Waals surface area contributed by atoms with Gasteiger partial charge in [0, 0.05) is 29.4 Å². The highest BCUT2D eigenvalue weighted by molar-refractivity contribution is 7.99. The molecule has 0 aliphatic carbocycles. The molecule has 1 aromatic heterocycles.